The molecule has 3 nitrogen and oxygen atoms in total. The van der Waals surface area contributed by atoms with Gasteiger partial charge in [0.15, 0.2) is 0 Å². The van der Waals surface area contributed by atoms with E-state index < -0.39 is 0 Å². The van der Waals surface area contributed by atoms with Gasteiger partial charge < -0.3 is 10.1 Å². The fraction of sp³-hybridized carbons (Fsp3) is 0.533. The molecule has 0 unspecified atom stereocenters. The molecule has 19 heavy (non-hydrogen) atoms. The maximum absolute atomic E-state index is 5.04. The zero-order valence-corrected chi connectivity index (χ0v) is 12.7. The van der Waals surface area contributed by atoms with Crippen LogP contribution >= 0.6 is 11.3 Å². The van der Waals surface area contributed by atoms with Gasteiger partial charge in [-0.15, -0.1) is 11.3 Å². The summed E-state index contributed by atoms with van der Waals surface area (Å²) in [6.07, 6.45) is 1.01. The van der Waals surface area contributed by atoms with Crippen molar-refractivity contribution in [2.24, 2.45) is 5.41 Å². The third-order valence-corrected chi connectivity index (χ3v) is 4.09. The molecule has 0 amide bonds. The molecule has 0 aliphatic rings. The van der Waals surface area contributed by atoms with Crippen LogP contribution in [0.4, 0.5) is 0 Å². The van der Waals surface area contributed by atoms with E-state index in [2.05, 4.69) is 37.4 Å². The second kappa shape index (κ2) is 6.46. The minimum atomic E-state index is 0.210. The molecule has 0 spiro atoms. The Morgan fingerprint density at radius 1 is 1.32 bits per heavy atom. The van der Waals surface area contributed by atoms with E-state index in [-0.39, 0.29) is 5.41 Å². The van der Waals surface area contributed by atoms with Gasteiger partial charge in [-0.1, -0.05) is 26.0 Å². The Morgan fingerprint density at radius 2 is 2.11 bits per heavy atom. The Balaban J connectivity index is 1.94. The van der Waals surface area contributed by atoms with Crippen LogP contribution in [0, 0.1) is 5.41 Å². The summed E-state index contributed by atoms with van der Waals surface area (Å²) in [5.41, 5.74) is 1.33. The lowest BCUT2D eigenvalue weighted by Gasteiger charge is -2.23. The highest BCUT2D eigenvalue weighted by Gasteiger charge is 2.20. The van der Waals surface area contributed by atoms with Crippen LogP contribution in [0.25, 0.3) is 10.2 Å². The van der Waals surface area contributed by atoms with Gasteiger partial charge in [0.05, 0.1) is 21.8 Å². The van der Waals surface area contributed by atoms with Gasteiger partial charge in [0.25, 0.3) is 0 Å². The normalized spacial score (nSPS) is 12.2. The number of rotatable bonds is 7. The molecule has 1 aromatic carbocycles. The fourth-order valence-corrected chi connectivity index (χ4v) is 3.29. The van der Waals surface area contributed by atoms with Crippen LogP contribution in [-0.2, 0) is 11.2 Å². The van der Waals surface area contributed by atoms with Crippen LogP contribution < -0.4 is 5.32 Å². The van der Waals surface area contributed by atoms with E-state index in [1.165, 1.54) is 9.71 Å². The molecule has 1 aromatic heterocycles. The van der Waals surface area contributed by atoms with Crippen LogP contribution in [-0.4, -0.2) is 31.8 Å². The Hall–Kier alpha value is -0.970. The summed E-state index contributed by atoms with van der Waals surface area (Å²) >= 11 is 1.80. The van der Waals surface area contributed by atoms with Gasteiger partial charge in [-0.25, -0.2) is 4.98 Å². The van der Waals surface area contributed by atoms with Gasteiger partial charge in [-0.2, -0.15) is 0 Å². The largest absolute Gasteiger partial charge is 0.383 e. The third kappa shape index (κ3) is 4.27. The first-order valence-corrected chi connectivity index (χ1v) is 7.46. The van der Waals surface area contributed by atoms with Crippen molar-refractivity contribution in [2.75, 3.05) is 26.8 Å². The molecule has 1 heterocycles. The highest BCUT2D eigenvalue weighted by Crippen LogP contribution is 2.27. The molecular formula is C15H22N2OS. The van der Waals surface area contributed by atoms with E-state index in [0.29, 0.717) is 0 Å². The highest BCUT2D eigenvalue weighted by molar-refractivity contribution is 7.18. The van der Waals surface area contributed by atoms with Crippen molar-refractivity contribution in [2.45, 2.75) is 20.3 Å². The van der Waals surface area contributed by atoms with Gasteiger partial charge in [0.1, 0.15) is 0 Å². The number of para-hydroxylation sites is 1. The number of ether oxygens (including phenoxy) is 1. The van der Waals surface area contributed by atoms with Crippen molar-refractivity contribution in [3.8, 4) is 0 Å². The summed E-state index contributed by atoms with van der Waals surface area (Å²) in [5.74, 6) is 0. The first-order chi connectivity index (χ1) is 9.11. The third-order valence-electron chi connectivity index (χ3n) is 3.05. The van der Waals surface area contributed by atoms with Crippen LogP contribution in [0.5, 0.6) is 0 Å². The summed E-state index contributed by atoms with van der Waals surface area (Å²) in [5, 5.41) is 4.65. The molecular weight excluding hydrogens is 256 g/mol. The Kier molecular flexibility index (Phi) is 4.91. The lowest BCUT2D eigenvalue weighted by molar-refractivity contribution is 0.194. The quantitative estimate of drug-likeness (QED) is 0.790. The fourth-order valence-electron chi connectivity index (χ4n) is 2.07. The molecule has 0 aliphatic heterocycles. The summed E-state index contributed by atoms with van der Waals surface area (Å²) in [4.78, 5) is 4.71. The van der Waals surface area contributed by atoms with E-state index in [9.17, 15) is 0 Å². The highest BCUT2D eigenvalue weighted by atomic mass is 32.1. The number of aromatic nitrogens is 1. The number of hydrogen-bond acceptors (Lipinski definition) is 4. The van der Waals surface area contributed by atoms with Crippen molar-refractivity contribution in [1.29, 1.82) is 0 Å². The monoisotopic (exact) mass is 278 g/mol. The number of benzene rings is 1. The van der Waals surface area contributed by atoms with Gasteiger partial charge in [0, 0.05) is 26.6 Å². The molecule has 4 heteroatoms. The van der Waals surface area contributed by atoms with Crippen LogP contribution in [0.15, 0.2) is 24.3 Å². The number of nitrogens with zero attached hydrogens (tertiary/aromatic N) is 1. The van der Waals surface area contributed by atoms with Crippen molar-refractivity contribution >= 4 is 21.6 Å². The number of thiazole rings is 1. The van der Waals surface area contributed by atoms with Crippen LogP contribution in [0.2, 0.25) is 0 Å². The van der Waals surface area contributed by atoms with Crippen LogP contribution in [0.1, 0.15) is 18.9 Å². The standard InChI is InChI=1S/C15H22N2OS/c1-15(2,11-16-8-9-18-3)10-14-17-12-6-4-5-7-13(12)19-14/h4-7,16H,8-11H2,1-3H3. The molecule has 0 saturated heterocycles. The van der Waals surface area contributed by atoms with Gasteiger partial charge in [0.2, 0.25) is 0 Å². The Bertz CT molecular complexity index is 489. The van der Waals surface area contributed by atoms with Crippen molar-refractivity contribution in [3.63, 3.8) is 0 Å². The molecule has 0 atom stereocenters. The first kappa shape index (κ1) is 14.4. The molecule has 0 radical (unpaired) electrons. The molecule has 2 aromatic rings. The van der Waals surface area contributed by atoms with Gasteiger partial charge >= 0.3 is 0 Å². The molecule has 1 N–H and O–H groups in total. The minimum absolute atomic E-state index is 0.210. The smallest absolute Gasteiger partial charge is 0.0944 e. The van der Waals surface area contributed by atoms with Crippen molar-refractivity contribution < 1.29 is 4.74 Å². The lowest BCUT2D eigenvalue weighted by atomic mass is 9.89. The summed E-state index contributed by atoms with van der Waals surface area (Å²) in [7, 11) is 1.73. The lowest BCUT2D eigenvalue weighted by Crippen LogP contribution is -2.33. The average molecular weight is 278 g/mol. The van der Waals surface area contributed by atoms with E-state index in [4.69, 9.17) is 9.72 Å². The van der Waals surface area contributed by atoms with E-state index in [1.54, 1.807) is 18.4 Å². The molecule has 0 aliphatic carbocycles. The Morgan fingerprint density at radius 3 is 2.84 bits per heavy atom. The topological polar surface area (TPSA) is 34.1 Å². The number of fused-ring (bicyclic) bond motifs is 1. The van der Waals surface area contributed by atoms with Crippen molar-refractivity contribution in [3.05, 3.63) is 29.3 Å². The summed E-state index contributed by atoms with van der Waals surface area (Å²) < 4.78 is 6.32. The maximum atomic E-state index is 5.04. The predicted molar refractivity (Wildman–Crippen MR) is 81.9 cm³/mol. The summed E-state index contributed by atoms with van der Waals surface area (Å²) in [6.45, 7) is 7.20. The summed E-state index contributed by atoms with van der Waals surface area (Å²) in [6, 6.07) is 8.34. The van der Waals surface area contributed by atoms with E-state index in [1.807, 2.05) is 6.07 Å². The van der Waals surface area contributed by atoms with Gasteiger partial charge in [-0.05, 0) is 17.5 Å². The van der Waals surface area contributed by atoms with E-state index >= 15 is 0 Å². The molecule has 104 valence electrons. The average Bonchev–Trinajstić information content (AvgIpc) is 2.75. The zero-order chi connectivity index (χ0) is 13.7. The second-order valence-electron chi connectivity index (χ2n) is 5.59. The Labute approximate surface area is 119 Å². The maximum Gasteiger partial charge on any atom is 0.0944 e. The number of methoxy groups -OCH3 is 1. The second-order valence-corrected chi connectivity index (χ2v) is 6.70. The van der Waals surface area contributed by atoms with E-state index in [0.717, 1.165) is 31.6 Å². The molecule has 0 saturated carbocycles. The van der Waals surface area contributed by atoms with Crippen molar-refractivity contribution in [1.82, 2.24) is 10.3 Å². The number of hydrogen-bond donors (Lipinski definition) is 1. The molecule has 0 fully saturated rings. The minimum Gasteiger partial charge on any atom is -0.383 e. The molecule has 0 bridgehead atoms. The zero-order valence-electron chi connectivity index (χ0n) is 11.9. The van der Waals surface area contributed by atoms with Gasteiger partial charge in [-0.3, -0.25) is 0 Å². The predicted octanol–water partition coefficient (Wildman–Crippen LogP) is 3.10. The number of nitrogens with one attached hydrogen (secondary N) is 1. The first-order valence-electron chi connectivity index (χ1n) is 6.65. The SMILES string of the molecule is COCCNCC(C)(C)Cc1nc2ccccc2s1. The van der Waals surface area contributed by atoms with Crippen LogP contribution in [0.3, 0.4) is 0 Å². The molecule has 2 rings (SSSR count).